The summed E-state index contributed by atoms with van der Waals surface area (Å²) in [4.78, 5) is 36.5. The van der Waals surface area contributed by atoms with Crippen LogP contribution < -0.4 is 0 Å². The standard InChI is InChI=1S/C17H19NO4/c19-15-6-3-9-18(15)16(20)11-22-17(21)14-8-7-12-4-1-2-5-13(12)10-14/h7-8,10H,1-6,9,11H2. The number of fused-ring (bicyclic) bond motifs is 1. The Morgan fingerprint density at radius 1 is 1.05 bits per heavy atom. The zero-order valence-corrected chi connectivity index (χ0v) is 12.5. The molecule has 22 heavy (non-hydrogen) atoms. The quantitative estimate of drug-likeness (QED) is 0.800. The summed E-state index contributed by atoms with van der Waals surface area (Å²) in [6.45, 7) is 0.0513. The van der Waals surface area contributed by atoms with Crippen molar-refractivity contribution in [3.63, 3.8) is 0 Å². The van der Waals surface area contributed by atoms with Gasteiger partial charge in [-0.05, 0) is 55.4 Å². The average Bonchev–Trinajstić information content (AvgIpc) is 2.98. The predicted octanol–water partition coefficient (Wildman–Crippen LogP) is 1.87. The van der Waals surface area contributed by atoms with Gasteiger partial charge in [0.2, 0.25) is 5.91 Å². The molecule has 0 spiro atoms. The van der Waals surface area contributed by atoms with E-state index < -0.39 is 11.9 Å². The van der Waals surface area contributed by atoms with Crippen LogP contribution in [0.5, 0.6) is 0 Å². The normalized spacial score (nSPS) is 17.3. The van der Waals surface area contributed by atoms with Gasteiger partial charge in [-0.2, -0.15) is 0 Å². The summed E-state index contributed by atoms with van der Waals surface area (Å²) in [5.41, 5.74) is 2.96. The predicted molar refractivity (Wildman–Crippen MR) is 79.3 cm³/mol. The van der Waals surface area contributed by atoms with E-state index in [1.807, 2.05) is 12.1 Å². The van der Waals surface area contributed by atoms with Crippen LogP contribution in [0.3, 0.4) is 0 Å². The fourth-order valence-electron chi connectivity index (χ4n) is 3.06. The number of imide groups is 1. The first-order valence-electron chi connectivity index (χ1n) is 7.77. The molecule has 1 fully saturated rings. The average molecular weight is 301 g/mol. The molecule has 3 rings (SSSR count). The summed E-state index contributed by atoms with van der Waals surface area (Å²) in [6.07, 6.45) is 5.45. The van der Waals surface area contributed by atoms with Gasteiger partial charge in [-0.1, -0.05) is 6.07 Å². The van der Waals surface area contributed by atoms with E-state index in [-0.39, 0.29) is 12.5 Å². The monoisotopic (exact) mass is 301 g/mol. The van der Waals surface area contributed by atoms with Crippen LogP contribution >= 0.6 is 0 Å². The minimum atomic E-state index is -0.506. The van der Waals surface area contributed by atoms with Crippen molar-refractivity contribution in [1.82, 2.24) is 4.90 Å². The van der Waals surface area contributed by atoms with Crippen LogP contribution in [0.25, 0.3) is 0 Å². The molecule has 1 saturated heterocycles. The zero-order valence-electron chi connectivity index (χ0n) is 12.5. The molecule has 0 unspecified atom stereocenters. The van der Waals surface area contributed by atoms with Crippen molar-refractivity contribution < 1.29 is 19.1 Å². The van der Waals surface area contributed by atoms with Gasteiger partial charge in [0.1, 0.15) is 0 Å². The van der Waals surface area contributed by atoms with Gasteiger partial charge in [0.15, 0.2) is 6.61 Å². The van der Waals surface area contributed by atoms with Crippen LogP contribution in [0.1, 0.15) is 47.2 Å². The molecule has 0 bridgehead atoms. The summed E-state index contributed by atoms with van der Waals surface area (Å²) in [7, 11) is 0. The number of hydrogen-bond acceptors (Lipinski definition) is 4. The van der Waals surface area contributed by atoms with Crippen molar-refractivity contribution in [1.29, 1.82) is 0 Å². The first-order chi connectivity index (χ1) is 10.6. The van der Waals surface area contributed by atoms with Gasteiger partial charge < -0.3 is 4.74 Å². The van der Waals surface area contributed by atoms with Crippen LogP contribution in [0.2, 0.25) is 0 Å². The van der Waals surface area contributed by atoms with Crippen LogP contribution in [0.4, 0.5) is 0 Å². The Kier molecular flexibility index (Phi) is 4.22. The number of likely N-dealkylation sites (tertiary alicyclic amines) is 1. The van der Waals surface area contributed by atoms with E-state index in [9.17, 15) is 14.4 Å². The van der Waals surface area contributed by atoms with Crippen molar-refractivity contribution in [3.05, 3.63) is 34.9 Å². The fourth-order valence-corrected chi connectivity index (χ4v) is 3.06. The zero-order chi connectivity index (χ0) is 15.5. The molecule has 116 valence electrons. The van der Waals surface area contributed by atoms with Gasteiger partial charge in [-0.15, -0.1) is 0 Å². The molecule has 0 atom stereocenters. The van der Waals surface area contributed by atoms with E-state index >= 15 is 0 Å². The van der Waals surface area contributed by atoms with Gasteiger partial charge in [0.05, 0.1) is 5.56 Å². The lowest BCUT2D eigenvalue weighted by molar-refractivity contribution is -0.143. The SMILES string of the molecule is O=C(OCC(=O)N1CCCC1=O)c1ccc2c(c1)CCCC2. The third-order valence-electron chi connectivity index (χ3n) is 4.29. The molecule has 1 aliphatic heterocycles. The molecule has 1 aromatic rings. The lowest BCUT2D eigenvalue weighted by atomic mass is 9.90. The molecule has 2 aliphatic rings. The third kappa shape index (κ3) is 3.03. The second kappa shape index (κ2) is 6.30. The van der Waals surface area contributed by atoms with Crippen molar-refractivity contribution >= 4 is 17.8 Å². The smallest absolute Gasteiger partial charge is 0.338 e. The summed E-state index contributed by atoms with van der Waals surface area (Å²) < 4.78 is 5.06. The molecule has 2 amide bonds. The highest BCUT2D eigenvalue weighted by Gasteiger charge is 2.27. The van der Waals surface area contributed by atoms with E-state index in [4.69, 9.17) is 4.74 Å². The largest absolute Gasteiger partial charge is 0.452 e. The molecule has 1 aliphatic carbocycles. The van der Waals surface area contributed by atoms with Crippen molar-refractivity contribution in [2.24, 2.45) is 0 Å². The molecule has 1 aromatic carbocycles. The Morgan fingerprint density at radius 3 is 2.55 bits per heavy atom. The number of benzene rings is 1. The molecular weight excluding hydrogens is 282 g/mol. The van der Waals surface area contributed by atoms with Crippen LogP contribution in [0.15, 0.2) is 18.2 Å². The maximum atomic E-state index is 12.1. The second-order valence-electron chi connectivity index (χ2n) is 5.81. The minimum Gasteiger partial charge on any atom is -0.452 e. The Morgan fingerprint density at radius 2 is 1.82 bits per heavy atom. The Bertz CT molecular complexity index is 623. The van der Waals surface area contributed by atoms with E-state index in [2.05, 4.69) is 0 Å². The van der Waals surface area contributed by atoms with Gasteiger partial charge in [0.25, 0.3) is 5.91 Å². The van der Waals surface area contributed by atoms with Crippen LogP contribution in [-0.2, 0) is 27.2 Å². The Balaban J connectivity index is 1.60. The summed E-state index contributed by atoms with van der Waals surface area (Å²) >= 11 is 0. The number of carbonyl (C=O) groups excluding carboxylic acids is 3. The van der Waals surface area contributed by atoms with Crippen LogP contribution in [0, 0.1) is 0 Å². The molecule has 0 aromatic heterocycles. The minimum absolute atomic E-state index is 0.185. The van der Waals surface area contributed by atoms with Gasteiger partial charge in [0, 0.05) is 13.0 Å². The van der Waals surface area contributed by atoms with E-state index in [1.165, 1.54) is 22.4 Å². The molecule has 5 heteroatoms. The topological polar surface area (TPSA) is 63.7 Å². The lowest BCUT2D eigenvalue weighted by Crippen LogP contribution is -2.35. The highest BCUT2D eigenvalue weighted by molar-refractivity contribution is 5.98. The maximum absolute atomic E-state index is 12.1. The molecule has 0 saturated carbocycles. The van der Waals surface area contributed by atoms with E-state index in [0.717, 1.165) is 19.3 Å². The third-order valence-corrected chi connectivity index (χ3v) is 4.29. The number of aryl methyl sites for hydroxylation is 2. The van der Waals surface area contributed by atoms with E-state index in [1.54, 1.807) is 6.07 Å². The fraction of sp³-hybridized carbons (Fsp3) is 0.471. The molecule has 0 radical (unpaired) electrons. The summed E-state index contributed by atoms with van der Waals surface area (Å²) in [6, 6.07) is 5.58. The molecule has 0 N–H and O–H groups in total. The number of amides is 2. The molecular formula is C17H19NO4. The number of hydrogen-bond donors (Lipinski definition) is 0. The van der Waals surface area contributed by atoms with Gasteiger partial charge in [-0.25, -0.2) is 4.79 Å². The highest BCUT2D eigenvalue weighted by Crippen LogP contribution is 2.22. The number of carbonyl (C=O) groups is 3. The van der Waals surface area contributed by atoms with Crippen LogP contribution in [-0.4, -0.2) is 35.8 Å². The van der Waals surface area contributed by atoms with Gasteiger partial charge in [-0.3, -0.25) is 14.5 Å². The summed E-state index contributed by atoms with van der Waals surface area (Å²) in [5.74, 6) is -1.13. The number of ether oxygens (including phenoxy) is 1. The molecule has 5 nitrogen and oxygen atoms in total. The number of rotatable bonds is 3. The van der Waals surface area contributed by atoms with Crippen molar-refractivity contribution in [2.75, 3.05) is 13.2 Å². The second-order valence-corrected chi connectivity index (χ2v) is 5.81. The number of nitrogens with zero attached hydrogens (tertiary/aromatic N) is 1. The molecule has 1 heterocycles. The van der Waals surface area contributed by atoms with Crippen molar-refractivity contribution in [2.45, 2.75) is 38.5 Å². The van der Waals surface area contributed by atoms with Gasteiger partial charge >= 0.3 is 5.97 Å². The first kappa shape index (κ1) is 14.8. The van der Waals surface area contributed by atoms with E-state index in [0.29, 0.717) is 24.9 Å². The van der Waals surface area contributed by atoms with Crippen molar-refractivity contribution in [3.8, 4) is 0 Å². The lowest BCUT2D eigenvalue weighted by Gasteiger charge is -2.16. The highest BCUT2D eigenvalue weighted by atomic mass is 16.5. The summed E-state index contributed by atoms with van der Waals surface area (Å²) in [5, 5.41) is 0. The Labute approximate surface area is 129 Å². The first-order valence-corrected chi connectivity index (χ1v) is 7.77. The number of esters is 1. The maximum Gasteiger partial charge on any atom is 0.338 e. The Hall–Kier alpha value is -2.17.